The molecule has 1 atom stereocenters. The van der Waals surface area contributed by atoms with Crippen LogP contribution in [0.4, 0.5) is 4.79 Å². The third-order valence-corrected chi connectivity index (χ3v) is 5.72. The van der Waals surface area contributed by atoms with E-state index in [4.69, 9.17) is 16.3 Å². The molecular formula is C26H20ClN5O3. The van der Waals surface area contributed by atoms with Gasteiger partial charge in [0.1, 0.15) is 0 Å². The molecule has 35 heavy (non-hydrogen) atoms. The highest BCUT2D eigenvalue weighted by Gasteiger charge is 2.22. The van der Waals surface area contributed by atoms with Crippen molar-refractivity contribution < 1.29 is 9.53 Å². The summed E-state index contributed by atoms with van der Waals surface area (Å²) in [5, 5.41) is 11.7. The van der Waals surface area contributed by atoms with E-state index in [2.05, 4.69) is 20.6 Å². The minimum absolute atomic E-state index is 0.0484. The first-order chi connectivity index (χ1) is 17.1. The highest BCUT2D eigenvalue weighted by Crippen LogP contribution is 2.22. The van der Waals surface area contributed by atoms with Gasteiger partial charge in [-0.2, -0.15) is 0 Å². The van der Waals surface area contributed by atoms with E-state index in [1.54, 1.807) is 29.1 Å². The molecule has 2 heterocycles. The maximum Gasteiger partial charge on any atom is 0.414 e. The molecule has 2 N–H and O–H groups in total. The van der Waals surface area contributed by atoms with Crippen molar-refractivity contribution >= 4 is 28.6 Å². The SMILES string of the molecule is O=C(NC(c1ccccc1)c1c[nH]c2cc(Cl)ccc2c1=O)Oc1cn(Cc2ccccc2)nn1. The number of nitrogens with zero attached hydrogens (tertiary/aromatic N) is 3. The lowest BCUT2D eigenvalue weighted by molar-refractivity contribution is 0.196. The summed E-state index contributed by atoms with van der Waals surface area (Å²) < 4.78 is 6.95. The predicted molar refractivity (Wildman–Crippen MR) is 133 cm³/mol. The van der Waals surface area contributed by atoms with Crippen LogP contribution in [0, 0.1) is 0 Å². The Bertz CT molecular complexity index is 1530. The Kier molecular flexibility index (Phi) is 6.28. The highest BCUT2D eigenvalue weighted by atomic mass is 35.5. The zero-order chi connectivity index (χ0) is 24.2. The third kappa shape index (κ3) is 5.07. The van der Waals surface area contributed by atoms with Crippen LogP contribution in [0.15, 0.2) is 96.1 Å². The van der Waals surface area contributed by atoms with Gasteiger partial charge in [-0.3, -0.25) is 4.79 Å². The molecule has 0 saturated heterocycles. The maximum absolute atomic E-state index is 13.3. The number of rotatable bonds is 6. The fourth-order valence-electron chi connectivity index (χ4n) is 3.83. The van der Waals surface area contributed by atoms with Gasteiger partial charge in [0.25, 0.3) is 5.88 Å². The van der Waals surface area contributed by atoms with Gasteiger partial charge in [-0.1, -0.05) is 82.6 Å². The molecule has 0 bridgehead atoms. The van der Waals surface area contributed by atoms with E-state index in [9.17, 15) is 9.59 Å². The van der Waals surface area contributed by atoms with Gasteiger partial charge in [-0.25, -0.2) is 9.48 Å². The molecule has 5 aromatic rings. The molecular weight excluding hydrogens is 466 g/mol. The zero-order valence-electron chi connectivity index (χ0n) is 18.4. The van der Waals surface area contributed by atoms with Crippen molar-refractivity contribution in [3.05, 3.63) is 123 Å². The molecule has 0 radical (unpaired) electrons. The van der Waals surface area contributed by atoms with E-state index in [0.717, 1.165) is 11.1 Å². The lowest BCUT2D eigenvalue weighted by Gasteiger charge is -2.19. The molecule has 0 saturated carbocycles. The van der Waals surface area contributed by atoms with Crippen LogP contribution >= 0.6 is 11.6 Å². The second kappa shape index (κ2) is 9.82. The molecule has 3 aromatic carbocycles. The molecule has 2 aromatic heterocycles. The number of nitrogens with one attached hydrogen (secondary N) is 2. The van der Waals surface area contributed by atoms with Crippen LogP contribution < -0.4 is 15.5 Å². The smallest absolute Gasteiger partial charge is 0.388 e. The van der Waals surface area contributed by atoms with Crippen molar-refractivity contribution in [1.82, 2.24) is 25.3 Å². The van der Waals surface area contributed by atoms with E-state index >= 15 is 0 Å². The number of halogens is 1. The Labute approximate surface area is 205 Å². The van der Waals surface area contributed by atoms with Gasteiger partial charge in [0.2, 0.25) is 0 Å². The summed E-state index contributed by atoms with van der Waals surface area (Å²) in [4.78, 5) is 29.2. The lowest BCUT2D eigenvalue weighted by Crippen LogP contribution is -2.34. The number of benzene rings is 3. The number of amides is 1. The summed E-state index contributed by atoms with van der Waals surface area (Å²) in [7, 11) is 0. The summed E-state index contributed by atoms with van der Waals surface area (Å²) in [5.41, 5.74) is 2.50. The minimum Gasteiger partial charge on any atom is -0.388 e. The van der Waals surface area contributed by atoms with Crippen molar-refractivity contribution in [1.29, 1.82) is 0 Å². The molecule has 0 aliphatic rings. The largest absolute Gasteiger partial charge is 0.414 e. The molecule has 5 rings (SSSR count). The number of fused-ring (bicyclic) bond motifs is 1. The second-order valence-corrected chi connectivity index (χ2v) is 8.32. The fraction of sp³-hybridized carbons (Fsp3) is 0.0769. The van der Waals surface area contributed by atoms with Gasteiger partial charge in [0, 0.05) is 22.2 Å². The van der Waals surface area contributed by atoms with Crippen LogP contribution in [0.5, 0.6) is 5.88 Å². The van der Waals surface area contributed by atoms with E-state index in [0.29, 0.717) is 28.0 Å². The molecule has 0 aliphatic carbocycles. The number of carbonyl (C=O) groups is 1. The van der Waals surface area contributed by atoms with Gasteiger partial charge >= 0.3 is 6.09 Å². The monoisotopic (exact) mass is 485 g/mol. The van der Waals surface area contributed by atoms with E-state index in [1.807, 2.05) is 60.7 Å². The van der Waals surface area contributed by atoms with Crippen LogP contribution in [0.25, 0.3) is 10.9 Å². The standard InChI is InChI=1S/C26H20ClN5O3/c27-19-11-12-20-22(13-19)28-14-21(25(20)33)24(18-9-5-2-6-10-18)29-26(34)35-23-16-32(31-30-23)15-17-7-3-1-4-8-17/h1-14,16,24H,15H2,(H,28,33)(H,29,34). The van der Waals surface area contributed by atoms with E-state index < -0.39 is 12.1 Å². The first-order valence-corrected chi connectivity index (χ1v) is 11.2. The molecule has 0 spiro atoms. The van der Waals surface area contributed by atoms with Gasteiger partial charge in [-0.15, -0.1) is 0 Å². The Balaban J connectivity index is 1.39. The Hall–Kier alpha value is -4.43. The van der Waals surface area contributed by atoms with Crippen molar-refractivity contribution in [2.45, 2.75) is 12.6 Å². The zero-order valence-corrected chi connectivity index (χ0v) is 19.1. The summed E-state index contributed by atoms with van der Waals surface area (Å²) in [6.07, 6.45) is 2.35. The number of hydrogen-bond acceptors (Lipinski definition) is 5. The van der Waals surface area contributed by atoms with Crippen molar-refractivity contribution in [2.75, 3.05) is 0 Å². The van der Waals surface area contributed by atoms with Crippen LogP contribution in [-0.2, 0) is 6.54 Å². The number of carbonyl (C=O) groups excluding carboxylic acids is 1. The summed E-state index contributed by atoms with van der Waals surface area (Å²) in [6.45, 7) is 0.488. The van der Waals surface area contributed by atoms with Gasteiger partial charge in [0.15, 0.2) is 5.43 Å². The Morgan fingerprint density at radius 3 is 2.57 bits per heavy atom. The first kappa shape index (κ1) is 22.4. The minimum atomic E-state index is -0.763. The first-order valence-electron chi connectivity index (χ1n) is 10.8. The second-order valence-electron chi connectivity index (χ2n) is 7.88. The normalized spacial score (nSPS) is 11.8. The molecule has 1 unspecified atom stereocenters. The molecule has 8 nitrogen and oxygen atoms in total. The highest BCUT2D eigenvalue weighted by molar-refractivity contribution is 6.31. The summed E-state index contributed by atoms with van der Waals surface area (Å²) >= 11 is 6.05. The van der Waals surface area contributed by atoms with Crippen molar-refractivity contribution in [3.63, 3.8) is 0 Å². The quantitative estimate of drug-likeness (QED) is 0.363. The third-order valence-electron chi connectivity index (χ3n) is 5.48. The number of aromatic nitrogens is 4. The maximum atomic E-state index is 13.3. The van der Waals surface area contributed by atoms with Crippen LogP contribution in [0.3, 0.4) is 0 Å². The number of ether oxygens (including phenoxy) is 1. The van der Waals surface area contributed by atoms with E-state index in [-0.39, 0.29) is 11.3 Å². The lowest BCUT2D eigenvalue weighted by atomic mass is 9.98. The van der Waals surface area contributed by atoms with Crippen LogP contribution in [-0.4, -0.2) is 26.1 Å². The van der Waals surface area contributed by atoms with Crippen molar-refractivity contribution in [2.24, 2.45) is 0 Å². The van der Waals surface area contributed by atoms with E-state index in [1.165, 1.54) is 6.20 Å². The summed E-state index contributed by atoms with van der Waals surface area (Å²) in [6, 6.07) is 23.1. The van der Waals surface area contributed by atoms with Crippen LogP contribution in [0.1, 0.15) is 22.7 Å². The fourth-order valence-corrected chi connectivity index (χ4v) is 4.00. The predicted octanol–water partition coefficient (Wildman–Crippen LogP) is 4.70. The molecule has 0 aliphatic heterocycles. The summed E-state index contributed by atoms with van der Waals surface area (Å²) in [5.74, 6) is 0.0484. The molecule has 174 valence electrons. The number of aromatic amines is 1. The molecule has 1 amide bonds. The Morgan fingerprint density at radius 2 is 1.80 bits per heavy atom. The number of pyridine rings is 1. The average Bonchev–Trinajstić information content (AvgIpc) is 3.30. The van der Waals surface area contributed by atoms with Gasteiger partial charge < -0.3 is 15.0 Å². The molecule has 0 fully saturated rings. The topological polar surface area (TPSA) is 102 Å². The average molecular weight is 486 g/mol. The Morgan fingerprint density at radius 1 is 1.06 bits per heavy atom. The number of hydrogen-bond donors (Lipinski definition) is 2. The van der Waals surface area contributed by atoms with Crippen molar-refractivity contribution in [3.8, 4) is 5.88 Å². The van der Waals surface area contributed by atoms with Crippen LogP contribution in [0.2, 0.25) is 5.02 Å². The number of H-pyrrole nitrogens is 1. The van der Waals surface area contributed by atoms with Gasteiger partial charge in [0.05, 0.1) is 24.3 Å². The molecule has 9 heteroatoms. The van der Waals surface area contributed by atoms with Gasteiger partial charge in [-0.05, 0) is 29.3 Å².